The summed E-state index contributed by atoms with van der Waals surface area (Å²) in [6, 6.07) is 13.5. The van der Waals surface area contributed by atoms with E-state index in [1.165, 1.54) is 5.56 Å². The Bertz CT molecular complexity index is 1240. The molecule has 3 aromatic heterocycles. The van der Waals surface area contributed by atoms with E-state index >= 15 is 0 Å². The van der Waals surface area contributed by atoms with Gasteiger partial charge in [0.05, 0.1) is 17.0 Å². The number of H-pyrrole nitrogens is 1. The monoisotopic (exact) mass is 434 g/mol. The highest BCUT2D eigenvalue weighted by molar-refractivity contribution is 7.08. The van der Waals surface area contributed by atoms with Crippen LogP contribution < -0.4 is 5.56 Å². The van der Waals surface area contributed by atoms with Gasteiger partial charge in [-0.15, -0.1) is 0 Å². The second kappa shape index (κ2) is 8.14. The number of hydrogen-bond acceptors (Lipinski definition) is 5. The highest BCUT2D eigenvalue weighted by Gasteiger charge is 2.22. The molecule has 0 saturated heterocycles. The van der Waals surface area contributed by atoms with Gasteiger partial charge in [-0.05, 0) is 47.3 Å². The molecular weight excluding hydrogens is 416 g/mol. The number of thiophene rings is 1. The van der Waals surface area contributed by atoms with Crippen LogP contribution in [0.15, 0.2) is 64.2 Å². The van der Waals surface area contributed by atoms with E-state index in [-0.39, 0.29) is 5.56 Å². The number of aromatic nitrogens is 3. The van der Waals surface area contributed by atoms with Crippen LogP contribution in [0, 0.1) is 0 Å². The van der Waals surface area contributed by atoms with Crippen molar-refractivity contribution in [3.63, 3.8) is 0 Å². The fraction of sp³-hybridized carbons (Fsp3) is 0.174. The average molecular weight is 435 g/mol. The second-order valence-electron chi connectivity index (χ2n) is 7.33. The first-order valence-corrected chi connectivity index (χ1v) is 11.1. The van der Waals surface area contributed by atoms with Gasteiger partial charge in [0.25, 0.3) is 5.56 Å². The highest BCUT2D eigenvalue weighted by Crippen LogP contribution is 2.26. The SMILES string of the molecule is O=c1[nH]c(-c2ccc(Cl)cc2)nc2c1CN(Cc1cccnc1-c1ccsc1)CC2. The molecule has 150 valence electrons. The molecule has 0 bridgehead atoms. The molecule has 0 aliphatic carbocycles. The Morgan fingerprint density at radius 1 is 1.13 bits per heavy atom. The summed E-state index contributed by atoms with van der Waals surface area (Å²) in [6.45, 7) is 2.18. The fourth-order valence-electron chi connectivity index (χ4n) is 3.83. The lowest BCUT2D eigenvalue weighted by Crippen LogP contribution is -2.35. The molecule has 0 radical (unpaired) electrons. The summed E-state index contributed by atoms with van der Waals surface area (Å²) < 4.78 is 0. The summed E-state index contributed by atoms with van der Waals surface area (Å²) in [6.07, 6.45) is 2.57. The lowest BCUT2D eigenvalue weighted by molar-refractivity contribution is 0.242. The highest BCUT2D eigenvalue weighted by atomic mass is 35.5. The maximum Gasteiger partial charge on any atom is 0.255 e. The largest absolute Gasteiger partial charge is 0.306 e. The fourth-order valence-corrected chi connectivity index (χ4v) is 4.59. The quantitative estimate of drug-likeness (QED) is 0.502. The first kappa shape index (κ1) is 19.2. The van der Waals surface area contributed by atoms with Gasteiger partial charge in [-0.3, -0.25) is 14.7 Å². The van der Waals surface area contributed by atoms with Crippen LogP contribution in [0.25, 0.3) is 22.6 Å². The molecule has 0 spiro atoms. The van der Waals surface area contributed by atoms with Crippen molar-refractivity contribution in [3.8, 4) is 22.6 Å². The third-order valence-electron chi connectivity index (χ3n) is 5.35. The van der Waals surface area contributed by atoms with Crippen LogP contribution in [-0.2, 0) is 19.5 Å². The van der Waals surface area contributed by atoms with Gasteiger partial charge in [0.15, 0.2) is 0 Å². The van der Waals surface area contributed by atoms with E-state index in [2.05, 4.69) is 37.8 Å². The van der Waals surface area contributed by atoms with Crippen LogP contribution >= 0.6 is 22.9 Å². The minimum atomic E-state index is -0.0705. The predicted molar refractivity (Wildman–Crippen MR) is 121 cm³/mol. The van der Waals surface area contributed by atoms with Gasteiger partial charge in [0.1, 0.15) is 5.82 Å². The summed E-state index contributed by atoms with van der Waals surface area (Å²) in [5, 5.41) is 4.84. The average Bonchev–Trinajstić information content (AvgIpc) is 3.30. The van der Waals surface area contributed by atoms with Gasteiger partial charge >= 0.3 is 0 Å². The summed E-state index contributed by atoms with van der Waals surface area (Å²) in [7, 11) is 0. The van der Waals surface area contributed by atoms with Crippen molar-refractivity contribution in [3.05, 3.63) is 91.6 Å². The van der Waals surface area contributed by atoms with Crippen LogP contribution in [0.4, 0.5) is 0 Å². The first-order chi connectivity index (χ1) is 14.7. The van der Waals surface area contributed by atoms with Crippen LogP contribution in [-0.4, -0.2) is 26.4 Å². The number of benzene rings is 1. The van der Waals surface area contributed by atoms with E-state index in [9.17, 15) is 4.79 Å². The van der Waals surface area contributed by atoms with Crippen LogP contribution in [0.1, 0.15) is 16.8 Å². The van der Waals surface area contributed by atoms with Gasteiger partial charge in [0, 0.05) is 53.8 Å². The molecule has 30 heavy (non-hydrogen) atoms. The molecular formula is C23H19ClN4OS. The Kier molecular flexibility index (Phi) is 5.21. The van der Waals surface area contributed by atoms with E-state index in [1.54, 1.807) is 23.5 Å². The molecule has 1 aliphatic heterocycles. The Balaban J connectivity index is 1.40. The van der Waals surface area contributed by atoms with E-state index in [0.717, 1.165) is 47.6 Å². The Morgan fingerprint density at radius 3 is 2.80 bits per heavy atom. The van der Waals surface area contributed by atoms with Crippen molar-refractivity contribution in [2.45, 2.75) is 19.5 Å². The molecule has 0 fully saturated rings. The molecule has 5 rings (SSSR count). The van der Waals surface area contributed by atoms with E-state index in [4.69, 9.17) is 16.6 Å². The van der Waals surface area contributed by atoms with Gasteiger partial charge < -0.3 is 4.98 Å². The summed E-state index contributed by atoms with van der Waals surface area (Å²) in [5.41, 5.74) is 5.73. The topological polar surface area (TPSA) is 61.9 Å². The molecule has 7 heteroatoms. The number of fused-ring (bicyclic) bond motifs is 1. The minimum Gasteiger partial charge on any atom is -0.306 e. The van der Waals surface area contributed by atoms with Gasteiger partial charge in [-0.1, -0.05) is 17.7 Å². The van der Waals surface area contributed by atoms with Crippen LogP contribution in [0.5, 0.6) is 0 Å². The molecule has 0 saturated carbocycles. The van der Waals surface area contributed by atoms with Gasteiger partial charge in [-0.2, -0.15) is 11.3 Å². The third-order valence-corrected chi connectivity index (χ3v) is 6.28. The zero-order chi connectivity index (χ0) is 20.5. The zero-order valence-corrected chi connectivity index (χ0v) is 17.7. The smallest absolute Gasteiger partial charge is 0.255 e. The molecule has 1 N–H and O–H groups in total. The van der Waals surface area contributed by atoms with E-state index in [0.29, 0.717) is 17.4 Å². The van der Waals surface area contributed by atoms with E-state index < -0.39 is 0 Å². The third kappa shape index (κ3) is 3.81. The molecule has 1 aromatic carbocycles. The van der Waals surface area contributed by atoms with Crippen molar-refractivity contribution >= 4 is 22.9 Å². The van der Waals surface area contributed by atoms with Crippen molar-refractivity contribution in [2.75, 3.05) is 6.54 Å². The Labute approximate surface area is 183 Å². The number of halogens is 1. The molecule has 0 amide bonds. The van der Waals surface area contributed by atoms with Crippen molar-refractivity contribution in [2.24, 2.45) is 0 Å². The molecule has 4 aromatic rings. The Morgan fingerprint density at radius 2 is 2.00 bits per heavy atom. The van der Waals surface area contributed by atoms with Crippen molar-refractivity contribution in [1.82, 2.24) is 19.9 Å². The number of nitrogens with zero attached hydrogens (tertiary/aromatic N) is 3. The summed E-state index contributed by atoms with van der Waals surface area (Å²) >= 11 is 7.64. The molecule has 0 unspecified atom stereocenters. The first-order valence-electron chi connectivity index (χ1n) is 9.74. The van der Waals surface area contributed by atoms with Crippen molar-refractivity contribution in [1.29, 1.82) is 0 Å². The maximum absolute atomic E-state index is 12.8. The predicted octanol–water partition coefficient (Wildman–Crippen LogP) is 4.77. The lowest BCUT2D eigenvalue weighted by Gasteiger charge is -2.28. The van der Waals surface area contributed by atoms with Crippen LogP contribution in [0.3, 0.4) is 0 Å². The normalized spacial score (nSPS) is 13.9. The Hall–Kier alpha value is -2.80. The zero-order valence-electron chi connectivity index (χ0n) is 16.1. The number of hydrogen-bond donors (Lipinski definition) is 1. The minimum absolute atomic E-state index is 0.0705. The number of nitrogens with one attached hydrogen (secondary N) is 1. The van der Waals surface area contributed by atoms with Crippen molar-refractivity contribution < 1.29 is 0 Å². The molecule has 0 atom stereocenters. The maximum atomic E-state index is 12.8. The molecule has 5 nitrogen and oxygen atoms in total. The lowest BCUT2D eigenvalue weighted by atomic mass is 10.0. The standard InChI is InChI=1S/C23H19ClN4OS/c24-18-5-3-15(4-6-18)22-26-20-7-10-28(13-19(20)23(29)27-22)12-16-2-1-9-25-21(16)17-8-11-30-14-17/h1-6,8-9,11,14H,7,10,12-13H2,(H,26,27,29). The van der Waals surface area contributed by atoms with Gasteiger partial charge in [0.2, 0.25) is 0 Å². The molecule has 1 aliphatic rings. The number of aromatic amines is 1. The summed E-state index contributed by atoms with van der Waals surface area (Å²) in [5.74, 6) is 0.593. The molecule has 4 heterocycles. The summed E-state index contributed by atoms with van der Waals surface area (Å²) in [4.78, 5) is 27.4. The number of pyridine rings is 1. The second-order valence-corrected chi connectivity index (χ2v) is 8.55. The van der Waals surface area contributed by atoms with E-state index in [1.807, 2.05) is 24.4 Å². The number of rotatable bonds is 4. The van der Waals surface area contributed by atoms with Gasteiger partial charge in [-0.25, -0.2) is 4.98 Å². The van der Waals surface area contributed by atoms with Crippen LogP contribution in [0.2, 0.25) is 5.02 Å².